The zero-order chi connectivity index (χ0) is 12.8. The molecule has 17 heavy (non-hydrogen) atoms. The topological polar surface area (TPSA) is 76.7 Å². The number of allylic oxidation sites excluding steroid dienone is 1. The highest BCUT2D eigenvalue weighted by molar-refractivity contribution is 6.22. The van der Waals surface area contributed by atoms with E-state index in [-0.39, 0.29) is 30.3 Å². The monoisotopic (exact) mass is 238 g/mol. The minimum absolute atomic E-state index is 0.128. The average molecular weight is 238 g/mol. The van der Waals surface area contributed by atoms with Crippen LogP contribution in [0, 0.1) is 0 Å². The number of carbonyl (C=O) groups is 2. The molecule has 1 aromatic rings. The largest absolute Gasteiger partial charge is 0.463 e. The molecule has 0 saturated carbocycles. The normalized spacial score (nSPS) is 11.4. The molecule has 0 amide bonds. The Morgan fingerprint density at radius 1 is 1.47 bits per heavy atom. The third-order valence-electron chi connectivity index (χ3n) is 2.01. The molecular formula is C12H14O5. The number of ether oxygens (including phenoxy) is 1. The lowest BCUT2D eigenvalue weighted by Gasteiger charge is -2.00. The molecule has 0 fully saturated rings. The molecule has 5 nitrogen and oxygen atoms in total. The van der Waals surface area contributed by atoms with E-state index in [2.05, 4.69) is 0 Å². The second-order valence-electron chi connectivity index (χ2n) is 3.29. The number of ketones is 1. The van der Waals surface area contributed by atoms with Gasteiger partial charge in [0.05, 0.1) is 12.2 Å². The zero-order valence-electron chi connectivity index (χ0n) is 9.73. The molecule has 1 N–H and O–H groups in total. The van der Waals surface area contributed by atoms with Crippen molar-refractivity contribution in [2.45, 2.75) is 20.5 Å². The van der Waals surface area contributed by atoms with Crippen LogP contribution < -0.4 is 0 Å². The Morgan fingerprint density at radius 3 is 2.65 bits per heavy atom. The molecule has 1 heterocycles. The Morgan fingerprint density at radius 2 is 2.18 bits per heavy atom. The van der Waals surface area contributed by atoms with E-state index in [0.717, 1.165) is 6.08 Å². The molecule has 0 saturated heterocycles. The third-order valence-corrected chi connectivity index (χ3v) is 2.01. The van der Waals surface area contributed by atoms with Gasteiger partial charge < -0.3 is 14.3 Å². The Bertz CT molecular complexity index is 442. The molecular weight excluding hydrogens is 224 g/mol. The summed E-state index contributed by atoms with van der Waals surface area (Å²) in [5.74, 6) is -0.331. The van der Waals surface area contributed by atoms with Crippen molar-refractivity contribution in [3.8, 4) is 0 Å². The minimum Gasteiger partial charge on any atom is -0.463 e. The van der Waals surface area contributed by atoms with E-state index < -0.39 is 5.97 Å². The Labute approximate surface area is 98.7 Å². The second-order valence-corrected chi connectivity index (χ2v) is 3.29. The van der Waals surface area contributed by atoms with Crippen molar-refractivity contribution in [3.05, 3.63) is 29.7 Å². The quantitative estimate of drug-likeness (QED) is 0.618. The second kappa shape index (κ2) is 6.00. The van der Waals surface area contributed by atoms with E-state index >= 15 is 0 Å². The van der Waals surface area contributed by atoms with E-state index in [4.69, 9.17) is 14.3 Å². The number of furan rings is 1. The summed E-state index contributed by atoms with van der Waals surface area (Å²) < 4.78 is 9.91. The maximum absolute atomic E-state index is 11.4. The number of aliphatic hydroxyl groups is 1. The van der Waals surface area contributed by atoms with Gasteiger partial charge in [-0.05, 0) is 26.0 Å². The summed E-state index contributed by atoms with van der Waals surface area (Å²) >= 11 is 0. The predicted octanol–water partition coefficient (Wildman–Crippen LogP) is 1.31. The SMILES string of the molecule is CCOC(=O)/C=C(\C(C)=O)c1ccc(CO)o1. The number of aliphatic hydroxyl groups excluding tert-OH is 1. The molecule has 0 bridgehead atoms. The van der Waals surface area contributed by atoms with E-state index in [9.17, 15) is 9.59 Å². The van der Waals surface area contributed by atoms with Crippen LogP contribution in [-0.2, 0) is 20.9 Å². The van der Waals surface area contributed by atoms with E-state index in [0.29, 0.717) is 5.76 Å². The Kier molecular flexibility index (Phi) is 4.66. The van der Waals surface area contributed by atoms with Crippen LogP contribution in [0.25, 0.3) is 5.57 Å². The van der Waals surface area contributed by atoms with Crippen molar-refractivity contribution in [2.24, 2.45) is 0 Å². The smallest absolute Gasteiger partial charge is 0.331 e. The van der Waals surface area contributed by atoms with Gasteiger partial charge in [0.2, 0.25) is 0 Å². The van der Waals surface area contributed by atoms with Gasteiger partial charge in [-0.15, -0.1) is 0 Å². The van der Waals surface area contributed by atoms with Crippen molar-refractivity contribution in [1.82, 2.24) is 0 Å². The van der Waals surface area contributed by atoms with Crippen LogP contribution in [0.3, 0.4) is 0 Å². The molecule has 0 aliphatic carbocycles. The van der Waals surface area contributed by atoms with E-state index in [1.54, 1.807) is 6.92 Å². The number of hydrogen-bond donors (Lipinski definition) is 1. The fraction of sp³-hybridized carbons (Fsp3) is 0.333. The van der Waals surface area contributed by atoms with Crippen molar-refractivity contribution in [3.63, 3.8) is 0 Å². The fourth-order valence-corrected chi connectivity index (χ4v) is 1.26. The van der Waals surface area contributed by atoms with Crippen LogP contribution in [0.1, 0.15) is 25.4 Å². The van der Waals surface area contributed by atoms with Crippen LogP contribution in [0.2, 0.25) is 0 Å². The summed E-state index contributed by atoms with van der Waals surface area (Å²) in [4.78, 5) is 22.6. The highest BCUT2D eigenvalue weighted by Crippen LogP contribution is 2.19. The maximum atomic E-state index is 11.4. The molecule has 1 aromatic heterocycles. The van der Waals surface area contributed by atoms with E-state index in [1.165, 1.54) is 19.1 Å². The minimum atomic E-state index is -0.598. The first-order chi connectivity index (χ1) is 8.08. The highest BCUT2D eigenvalue weighted by Gasteiger charge is 2.14. The van der Waals surface area contributed by atoms with Crippen molar-refractivity contribution in [1.29, 1.82) is 0 Å². The molecule has 0 radical (unpaired) electrons. The first kappa shape index (κ1) is 13.2. The van der Waals surface area contributed by atoms with Gasteiger partial charge in [-0.2, -0.15) is 0 Å². The lowest BCUT2D eigenvalue weighted by Crippen LogP contribution is -2.04. The first-order valence-electron chi connectivity index (χ1n) is 5.17. The zero-order valence-corrected chi connectivity index (χ0v) is 9.73. The molecule has 0 spiro atoms. The summed E-state index contributed by atoms with van der Waals surface area (Å²) in [6.45, 7) is 2.98. The van der Waals surface area contributed by atoms with Gasteiger partial charge in [0.1, 0.15) is 18.1 Å². The van der Waals surface area contributed by atoms with Crippen LogP contribution in [0.15, 0.2) is 22.6 Å². The molecule has 92 valence electrons. The highest BCUT2D eigenvalue weighted by atomic mass is 16.5. The fourth-order valence-electron chi connectivity index (χ4n) is 1.26. The first-order valence-corrected chi connectivity index (χ1v) is 5.17. The molecule has 0 aromatic carbocycles. The van der Waals surface area contributed by atoms with Gasteiger partial charge in [0, 0.05) is 6.08 Å². The van der Waals surface area contributed by atoms with Crippen LogP contribution in [0.5, 0.6) is 0 Å². The maximum Gasteiger partial charge on any atom is 0.331 e. The van der Waals surface area contributed by atoms with E-state index in [1.807, 2.05) is 0 Å². The lowest BCUT2D eigenvalue weighted by atomic mass is 10.1. The Hall–Kier alpha value is -1.88. The molecule has 0 aliphatic rings. The van der Waals surface area contributed by atoms with Crippen molar-refractivity contribution >= 4 is 17.3 Å². The summed E-state index contributed by atoms with van der Waals surface area (Å²) in [6.07, 6.45) is 1.09. The number of carbonyl (C=O) groups excluding carboxylic acids is 2. The molecule has 5 heteroatoms. The lowest BCUT2D eigenvalue weighted by molar-refractivity contribution is -0.137. The standard InChI is InChI=1S/C12H14O5/c1-3-16-12(15)6-10(8(2)14)11-5-4-9(7-13)17-11/h4-6,13H,3,7H2,1-2H3/b10-6+. The molecule has 1 rings (SSSR count). The van der Waals surface area contributed by atoms with Gasteiger partial charge in [-0.25, -0.2) is 4.79 Å². The van der Waals surface area contributed by atoms with Gasteiger partial charge in [0.25, 0.3) is 0 Å². The van der Waals surface area contributed by atoms with Crippen LogP contribution in [0.4, 0.5) is 0 Å². The molecule has 0 aliphatic heterocycles. The summed E-state index contributed by atoms with van der Waals surface area (Å²) in [7, 11) is 0. The van der Waals surface area contributed by atoms with Gasteiger partial charge in [-0.1, -0.05) is 0 Å². The Balaban J connectivity index is 3.01. The molecule has 0 unspecified atom stereocenters. The molecule has 0 atom stereocenters. The average Bonchev–Trinajstić information content (AvgIpc) is 2.74. The number of hydrogen-bond acceptors (Lipinski definition) is 5. The van der Waals surface area contributed by atoms with Crippen LogP contribution >= 0.6 is 0 Å². The number of Topliss-reactive ketones (excluding diaryl/α,β-unsaturated/α-hetero) is 1. The van der Waals surface area contributed by atoms with Gasteiger partial charge >= 0.3 is 5.97 Å². The summed E-state index contributed by atoms with van der Waals surface area (Å²) in [5, 5.41) is 8.85. The van der Waals surface area contributed by atoms with Gasteiger partial charge in [0.15, 0.2) is 5.78 Å². The summed E-state index contributed by atoms with van der Waals surface area (Å²) in [6, 6.07) is 3.06. The third kappa shape index (κ3) is 3.57. The van der Waals surface area contributed by atoms with Crippen molar-refractivity contribution < 1.29 is 23.8 Å². The number of rotatable bonds is 5. The number of esters is 1. The van der Waals surface area contributed by atoms with Gasteiger partial charge in [-0.3, -0.25) is 4.79 Å². The van der Waals surface area contributed by atoms with Crippen LogP contribution in [-0.4, -0.2) is 23.5 Å². The predicted molar refractivity (Wildman–Crippen MR) is 59.9 cm³/mol. The summed E-state index contributed by atoms with van der Waals surface area (Å²) in [5.41, 5.74) is 0.128. The van der Waals surface area contributed by atoms with Crippen molar-refractivity contribution in [2.75, 3.05) is 6.61 Å².